The molecule has 0 saturated heterocycles. The van der Waals surface area contributed by atoms with Crippen LogP contribution in [0.25, 0.3) is 0 Å². The van der Waals surface area contributed by atoms with E-state index in [1.54, 1.807) is 26.8 Å². The molecule has 1 aromatic rings. The number of hydrogen-bond acceptors (Lipinski definition) is 9. The van der Waals surface area contributed by atoms with Crippen molar-refractivity contribution in [3.05, 3.63) is 23.8 Å². The maximum absolute atomic E-state index is 12.5. The molecule has 0 heterocycles. The van der Waals surface area contributed by atoms with Gasteiger partial charge >= 0.3 is 24.1 Å². The molecule has 214 valence electrons. The lowest BCUT2D eigenvalue weighted by Crippen LogP contribution is -2.38. The Kier molecular flexibility index (Phi) is 13.8. The van der Waals surface area contributed by atoms with E-state index in [1.807, 2.05) is 27.7 Å². The summed E-state index contributed by atoms with van der Waals surface area (Å²) in [7, 11) is 0. The van der Waals surface area contributed by atoms with Gasteiger partial charge in [0.1, 0.15) is 12.1 Å². The molecule has 0 aliphatic carbocycles. The molecule has 3 atom stereocenters. The fourth-order valence-corrected chi connectivity index (χ4v) is 3.53. The van der Waals surface area contributed by atoms with E-state index >= 15 is 0 Å². The van der Waals surface area contributed by atoms with Crippen LogP contribution in [0.3, 0.4) is 0 Å². The van der Waals surface area contributed by atoms with Crippen LogP contribution in [0, 0.1) is 11.8 Å². The Morgan fingerprint density at radius 1 is 0.816 bits per heavy atom. The number of ether oxygens (including phenoxy) is 4. The van der Waals surface area contributed by atoms with Crippen molar-refractivity contribution in [2.24, 2.45) is 17.6 Å². The van der Waals surface area contributed by atoms with Gasteiger partial charge in [-0.2, -0.15) is 0 Å². The molecular formula is C28H43NO9. The topological polar surface area (TPSA) is 151 Å². The molecule has 0 fully saturated rings. The van der Waals surface area contributed by atoms with Crippen LogP contribution in [-0.2, 0) is 23.9 Å². The van der Waals surface area contributed by atoms with E-state index in [0.29, 0.717) is 24.3 Å². The first-order chi connectivity index (χ1) is 17.7. The second-order valence-corrected chi connectivity index (χ2v) is 10.6. The van der Waals surface area contributed by atoms with Gasteiger partial charge in [-0.1, -0.05) is 33.8 Å². The zero-order chi connectivity index (χ0) is 29.0. The summed E-state index contributed by atoms with van der Waals surface area (Å²) >= 11 is 0. The molecule has 10 heteroatoms. The fraction of sp³-hybridized carbons (Fsp3) is 0.643. The molecule has 38 heavy (non-hydrogen) atoms. The largest absolute Gasteiger partial charge is 0.508 e. The van der Waals surface area contributed by atoms with Crippen LogP contribution in [0.5, 0.6) is 11.5 Å². The molecule has 0 bridgehead atoms. The average molecular weight is 538 g/mol. The van der Waals surface area contributed by atoms with E-state index in [9.17, 15) is 24.3 Å². The van der Waals surface area contributed by atoms with E-state index in [0.717, 1.165) is 0 Å². The minimum absolute atomic E-state index is 0.00969. The van der Waals surface area contributed by atoms with Gasteiger partial charge in [0.25, 0.3) is 0 Å². The Bertz CT molecular complexity index is 942. The molecule has 2 unspecified atom stereocenters. The molecule has 3 N–H and O–H groups in total. The smallest absolute Gasteiger partial charge is 0.480 e. The van der Waals surface area contributed by atoms with Crippen LogP contribution >= 0.6 is 0 Å². The third kappa shape index (κ3) is 12.4. The van der Waals surface area contributed by atoms with E-state index in [1.165, 1.54) is 12.1 Å². The lowest BCUT2D eigenvalue weighted by molar-refractivity contribution is -0.139. The van der Waals surface area contributed by atoms with Crippen LogP contribution in [-0.4, -0.2) is 47.4 Å². The highest BCUT2D eigenvalue weighted by molar-refractivity contribution is 5.77. The maximum atomic E-state index is 12.5. The summed E-state index contributed by atoms with van der Waals surface area (Å²) in [5.74, 6) is -2.45. The Morgan fingerprint density at radius 3 is 1.82 bits per heavy atom. The summed E-state index contributed by atoms with van der Waals surface area (Å²) in [4.78, 5) is 48.6. The first-order valence-electron chi connectivity index (χ1n) is 13.1. The summed E-state index contributed by atoms with van der Waals surface area (Å²) in [6.07, 6.45) is -0.355. The van der Waals surface area contributed by atoms with Crippen molar-refractivity contribution in [3.63, 3.8) is 0 Å². The SMILES string of the molecule is CC(C)CCC(=O)Oc1ccc(C(CC(C)OC(=O)OC(C)C)[C@H](N)C(=O)O)cc1OC(=O)CCC(C)C. The molecular weight excluding hydrogens is 494 g/mol. The van der Waals surface area contributed by atoms with E-state index in [-0.39, 0.29) is 42.8 Å². The molecule has 1 aromatic carbocycles. The normalized spacial score (nSPS) is 13.7. The molecule has 0 aromatic heterocycles. The number of nitrogens with two attached hydrogens (primary N) is 1. The molecule has 0 amide bonds. The van der Waals surface area contributed by atoms with Crippen molar-refractivity contribution in [2.75, 3.05) is 0 Å². The molecule has 0 radical (unpaired) electrons. The van der Waals surface area contributed by atoms with Crippen molar-refractivity contribution in [1.82, 2.24) is 0 Å². The summed E-state index contributed by atoms with van der Waals surface area (Å²) in [6, 6.07) is 3.10. The summed E-state index contributed by atoms with van der Waals surface area (Å²) < 4.78 is 21.3. The van der Waals surface area contributed by atoms with Crippen LogP contribution in [0.1, 0.15) is 92.1 Å². The number of carboxylic acids is 1. The van der Waals surface area contributed by atoms with E-state index in [2.05, 4.69) is 0 Å². The fourth-order valence-electron chi connectivity index (χ4n) is 3.53. The van der Waals surface area contributed by atoms with Gasteiger partial charge in [0.2, 0.25) is 0 Å². The summed E-state index contributed by atoms with van der Waals surface area (Å²) in [5.41, 5.74) is 6.42. The number of carboxylic acid groups (broad SMARTS) is 1. The van der Waals surface area contributed by atoms with Gasteiger partial charge in [-0.25, -0.2) is 4.79 Å². The predicted molar refractivity (Wildman–Crippen MR) is 141 cm³/mol. The van der Waals surface area contributed by atoms with Gasteiger partial charge in [-0.05, 0) is 69.6 Å². The number of benzene rings is 1. The molecule has 0 aliphatic rings. The predicted octanol–water partition coefficient (Wildman–Crippen LogP) is 5.21. The standard InChI is InChI=1S/C28H43NO9/c1-16(2)8-12-24(30)37-22-11-10-20(15-23(22)38-25(31)13-9-17(3)4)21(26(29)27(32)33)14-19(7)36-28(34)35-18(5)6/h10-11,15-19,21,26H,8-9,12-14,29H2,1-7H3,(H,32,33)/t19?,21?,26-/m0/s1. The monoisotopic (exact) mass is 537 g/mol. The first kappa shape index (κ1) is 32.9. The van der Waals surface area contributed by atoms with Gasteiger partial charge < -0.3 is 29.8 Å². The highest BCUT2D eigenvalue weighted by Crippen LogP contribution is 2.35. The second-order valence-electron chi connectivity index (χ2n) is 10.6. The van der Waals surface area contributed by atoms with Crippen LogP contribution in [0.15, 0.2) is 18.2 Å². The zero-order valence-electron chi connectivity index (χ0n) is 23.5. The average Bonchev–Trinajstić information content (AvgIpc) is 2.79. The lowest BCUT2D eigenvalue weighted by Gasteiger charge is -2.25. The third-order valence-electron chi connectivity index (χ3n) is 5.63. The highest BCUT2D eigenvalue weighted by atomic mass is 16.7. The first-order valence-corrected chi connectivity index (χ1v) is 13.1. The van der Waals surface area contributed by atoms with Crippen LogP contribution < -0.4 is 15.2 Å². The van der Waals surface area contributed by atoms with Crippen LogP contribution in [0.2, 0.25) is 0 Å². The Hall–Kier alpha value is -3.14. The van der Waals surface area contributed by atoms with Gasteiger partial charge in [0, 0.05) is 18.8 Å². The Balaban J connectivity index is 3.29. The van der Waals surface area contributed by atoms with Crippen molar-refractivity contribution in [1.29, 1.82) is 0 Å². The van der Waals surface area contributed by atoms with Crippen molar-refractivity contribution < 1.29 is 43.2 Å². The maximum Gasteiger partial charge on any atom is 0.508 e. The number of rotatable bonds is 15. The number of carbonyl (C=O) groups excluding carboxylic acids is 3. The van der Waals surface area contributed by atoms with Crippen molar-refractivity contribution >= 4 is 24.1 Å². The van der Waals surface area contributed by atoms with Gasteiger partial charge in [0.05, 0.1) is 6.10 Å². The quantitative estimate of drug-likeness (QED) is 0.225. The van der Waals surface area contributed by atoms with Gasteiger partial charge in [0.15, 0.2) is 11.5 Å². The van der Waals surface area contributed by atoms with Gasteiger partial charge in [-0.15, -0.1) is 0 Å². The second kappa shape index (κ2) is 16.0. The number of carbonyl (C=O) groups is 4. The molecule has 0 spiro atoms. The lowest BCUT2D eigenvalue weighted by atomic mass is 9.87. The van der Waals surface area contributed by atoms with Gasteiger partial charge in [-0.3, -0.25) is 14.4 Å². The summed E-state index contributed by atoms with van der Waals surface area (Å²) in [5, 5.41) is 9.63. The molecule has 0 saturated carbocycles. The van der Waals surface area contributed by atoms with Crippen LogP contribution in [0.4, 0.5) is 4.79 Å². The highest BCUT2D eigenvalue weighted by Gasteiger charge is 2.30. The molecule has 1 rings (SSSR count). The minimum atomic E-state index is -1.36. The van der Waals surface area contributed by atoms with Crippen molar-refractivity contribution in [2.45, 2.75) is 105 Å². The third-order valence-corrected chi connectivity index (χ3v) is 5.63. The van der Waals surface area contributed by atoms with Crippen molar-refractivity contribution in [3.8, 4) is 11.5 Å². The minimum Gasteiger partial charge on any atom is -0.480 e. The Labute approximate surface area is 225 Å². The zero-order valence-corrected chi connectivity index (χ0v) is 23.5. The van der Waals surface area contributed by atoms with E-state index in [4.69, 9.17) is 24.7 Å². The summed E-state index contributed by atoms with van der Waals surface area (Å²) in [6.45, 7) is 12.9. The number of aliphatic carboxylic acids is 1. The number of hydrogen-bond donors (Lipinski definition) is 2. The Morgan fingerprint density at radius 2 is 1.34 bits per heavy atom. The number of esters is 2. The molecule has 10 nitrogen and oxygen atoms in total. The molecule has 0 aliphatic heterocycles. The van der Waals surface area contributed by atoms with E-state index < -0.39 is 42.1 Å².